The van der Waals surface area contributed by atoms with Gasteiger partial charge in [-0.05, 0) is 41.3 Å². The van der Waals surface area contributed by atoms with Gasteiger partial charge in [-0.3, -0.25) is 9.59 Å². The Kier molecular flexibility index (Phi) is 5.85. The number of amides is 1. The molecule has 1 atom stereocenters. The fraction of sp³-hybridized carbons (Fsp3) is 0.333. The summed E-state index contributed by atoms with van der Waals surface area (Å²) in [4.78, 5) is 25.5. The summed E-state index contributed by atoms with van der Waals surface area (Å²) in [6.07, 6.45) is 7.21. The number of esters is 1. The van der Waals surface area contributed by atoms with E-state index in [0.29, 0.717) is 5.75 Å². The lowest BCUT2D eigenvalue weighted by atomic mass is 9.93. The normalized spacial score (nSPS) is 14.5. The van der Waals surface area contributed by atoms with Crippen LogP contribution in [-0.2, 0) is 14.3 Å². The van der Waals surface area contributed by atoms with E-state index in [9.17, 15) is 9.59 Å². The number of nitrogens with one attached hydrogen (secondary N) is 1. The molecule has 1 N–H and O–H groups in total. The number of ether oxygens (including phenoxy) is 1. The molecule has 0 spiro atoms. The molecule has 1 amide bonds. The van der Waals surface area contributed by atoms with E-state index in [1.807, 2.05) is 36.4 Å². The minimum absolute atomic E-state index is 0.0180. The van der Waals surface area contributed by atoms with Crippen molar-refractivity contribution in [2.45, 2.75) is 23.7 Å². The molecular formula is C21H21NO3S. The monoisotopic (exact) mass is 367 g/mol. The van der Waals surface area contributed by atoms with E-state index < -0.39 is 5.92 Å². The maximum absolute atomic E-state index is 12.4. The predicted octanol–water partition coefficient (Wildman–Crippen LogP) is 3.35. The molecular weight excluding hydrogens is 346 g/mol. The molecule has 5 heteroatoms. The largest absolute Gasteiger partial charge is 0.468 e. The molecule has 2 aromatic carbocycles. The standard InChI is InChI=1S/C21H21NO3S/c1-3-11-26-16-10-9-14-5-4-6-17(18(14)12-16)19(21(24)25-2)13-22-20(23)15-7-8-15/h1,4-6,9-10,12,15,19H,7-8,11,13H2,2H3,(H,22,23). The molecule has 1 saturated carbocycles. The number of methoxy groups -OCH3 is 1. The third-order valence-electron chi connectivity index (χ3n) is 4.50. The number of hydrogen-bond donors (Lipinski definition) is 1. The molecule has 0 radical (unpaired) electrons. The van der Waals surface area contributed by atoms with Crippen LogP contribution in [0.1, 0.15) is 24.3 Å². The number of carbonyl (C=O) groups is 2. The molecule has 4 nitrogen and oxygen atoms in total. The highest BCUT2D eigenvalue weighted by Crippen LogP contribution is 2.31. The van der Waals surface area contributed by atoms with Crippen molar-refractivity contribution in [3.63, 3.8) is 0 Å². The summed E-state index contributed by atoms with van der Waals surface area (Å²) in [6.45, 7) is 0.239. The summed E-state index contributed by atoms with van der Waals surface area (Å²) in [6, 6.07) is 11.9. The van der Waals surface area contributed by atoms with E-state index in [2.05, 4.69) is 11.2 Å². The minimum atomic E-state index is -0.542. The van der Waals surface area contributed by atoms with Crippen molar-refractivity contribution in [3.8, 4) is 12.3 Å². The molecule has 3 rings (SSSR count). The highest BCUT2D eigenvalue weighted by Gasteiger charge is 2.31. The Bertz CT molecular complexity index is 867. The zero-order chi connectivity index (χ0) is 18.5. The lowest BCUT2D eigenvalue weighted by Gasteiger charge is -2.18. The molecule has 1 fully saturated rings. The number of terminal acetylenes is 1. The van der Waals surface area contributed by atoms with Crippen LogP contribution >= 0.6 is 11.8 Å². The molecule has 0 saturated heterocycles. The highest BCUT2D eigenvalue weighted by atomic mass is 32.2. The molecule has 0 bridgehead atoms. The highest BCUT2D eigenvalue weighted by molar-refractivity contribution is 7.99. The van der Waals surface area contributed by atoms with Crippen LogP contribution in [0.2, 0.25) is 0 Å². The van der Waals surface area contributed by atoms with Crippen molar-refractivity contribution in [2.24, 2.45) is 5.92 Å². The molecule has 134 valence electrons. The van der Waals surface area contributed by atoms with Crippen LogP contribution in [0.15, 0.2) is 41.3 Å². The fourth-order valence-corrected chi connectivity index (χ4v) is 3.57. The molecule has 1 aliphatic rings. The van der Waals surface area contributed by atoms with E-state index in [1.54, 1.807) is 11.8 Å². The molecule has 0 aliphatic heterocycles. The van der Waals surface area contributed by atoms with Crippen LogP contribution in [0, 0.1) is 18.3 Å². The molecule has 1 unspecified atom stereocenters. The van der Waals surface area contributed by atoms with Crippen LogP contribution in [0.3, 0.4) is 0 Å². The van der Waals surface area contributed by atoms with Gasteiger partial charge in [0.05, 0.1) is 18.8 Å². The summed E-state index contributed by atoms with van der Waals surface area (Å²) >= 11 is 1.58. The lowest BCUT2D eigenvalue weighted by molar-refractivity contribution is -0.142. The maximum atomic E-state index is 12.4. The predicted molar refractivity (Wildman–Crippen MR) is 104 cm³/mol. The van der Waals surface area contributed by atoms with Crippen molar-refractivity contribution in [1.29, 1.82) is 0 Å². The van der Waals surface area contributed by atoms with Gasteiger partial charge < -0.3 is 10.1 Å². The van der Waals surface area contributed by atoms with E-state index in [1.165, 1.54) is 7.11 Å². The molecule has 2 aromatic rings. The summed E-state index contributed by atoms with van der Waals surface area (Å²) in [5.74, 6) is 2.44. The Hall–Kier alpha value is -2.45. The van der Waals surface area contributed by atoms with Gasteiger partial charge in [-0.15, -0.1) is 18.2 Å². The van der Waals surface area contributed by atoms with Gasteiger partial charge in [-0.2, -0.15) is 0 Å². The van der Waals surface area contributed by atoms with E-state index >= 15 is 0 Å². The first-order valence-electron chi connectivity index (χ1n) is 8.58. The Balaban J connectivity index is 1.93. The Morgan fingerprint density at radius 2 is 2.15 bits per heavy atom. The molecule has 1 aliphatic carbocycles. The van der Waals surface area contributed by atoms with Gasteiger partial charge in [0.1, 0.15) is 0 Å². The van der Waals surface area contributed by atoms with Crippen molar-refractivity contribution in [2.75, 3.05) is 19.4 Å². The number of thioether (sulfide) groups is 1. The fourth-order valence-electron chi connectivity index (χ4n) is 2.95. The van der Waals surface area contributed by atoms with Gasteiger partial charge in [0.15, 0.2) is 0 Å². The summed E-state index contributed by atoms with van der Waals surface area (Å²) in [7, 11) is 1.37. The van der Waals surface area contributed by atoms with Gasteiger partial charge in [-0.25, -0.2) is 0 Å². The first-order valence-corrected chi connectivity index (χ1v) is 9.57. The van der Waals surface area contributed by atoms with Crippen molar-refractivity contribution in [3.05, 3.63) is 42.0 Å². The first kappa shape index (κ1) is 18.3. The Morgan fingerprint density at radius 1 is 1.35 bits per heavy atom. The second-order valence-corrected chi connectivity index (χ2v) is 7.37. The van der Waals surface area contributed by atoms with Crippen LogP contribution in [-0.4, -0.2) is 31.3 Å². The van der Waals surface area contributed by atoms with Gasteiger partial charge >= 0.3 is 5.97 Å². The third kappa shape index (κ3) is 4.20. The quantitative estimate of drug-likeness (QED) is 0.463. The first-order chi connectivity index (χ1) is 12.6. The van der Waals surface area contributed by atoms with Crippen LogP contribution < -0.4 is 5.32 Å². The molecule has 26 heavy (non-hydrogen) atoms. The Labute approximate surface area is 157 Å². The van der Waals surface area contributed by atoms with Crippen molar-refractivity contribution in [1.82, 2.24) is 5.32 Å². The number of rotatable bonds is 7. The Morgan fingerprint density at radius 3 is 2.85 bits per heavy atom. The van der Waals surface area contributed by atoms with E-state index in [-0.39, 0.29) is 24.3 Å². The number of carbonyl (C=O) groups excluding carboxylic acids is 2. The van der Waals surface area contributed by atoms with Gasteiger partial charge in [0.25, 0.3) is 0 Å². The maximum Gasteiger partial charge on any atom is 0.314 e. The number of fused-ring (bicyclic) bond motifs is 1. The van der Waals surface area contributed by atoms with E-state index in [4.69, 9.17) is 11.2 Å². The summed E-state index contributed by atoms with van der Waals surface area (Å²) in [5, 5.41) is 4.91. The second kappa shape index (κ2) is 8.29. The van der Waals surface area contributed by atoms with Gasteiger partial charge in [0.2, 0.25) is 5.91 Å². The average Bonchev–Trinajstić information content (AvgIpc) is 3.51. The summed E-state index contributed by atoms with van der Waals surface area (Å²) in [5.41, 5.74) is 0.855. The molecule has 0 aromatic heterocycles. The van der Waals surface area contributed by atoms with Crippen LogP contribution in [0.5, 0.6) is 0 Å². The number of benzene rings is 2. The third-order valence-corrected chi connectivity index (χ3v) is 5.40. The zero-order valence-electron chi connectivity index (χ0n) is 14.7. The zero-order valence-corrected chi connectivity index (χ0v) is 15.5. The summed E-state index contributed by atoms with van der Waals surface area (Å²) < 4.78 is 5.00. The van der Waals surface area contributed by atoms with Gasteiger partial charge in [-0.1, -0.05) is 30.2 Å². The number of hydrogen-bond acceptors (Lipinski definition) is 4. The minimum Gasteiger partial charge on any atom is -0.468 e. The average molecular weight is 367 g/mol. The SMILES string of the molecule is C#CCSc1ccc2cccc(C(CNC(=O)C3CC3)C(=O)OC)c2c1. The van der Waals surface area contributed by atoms with Crippen molar-refractivity contribution < 1.29 is 14.3 Å². The van der Waals surface area contributed by atoms with Crippen LogP contribution in [0.4, 0.5) is 0 Å². The van der Waals surface area contributed by atoms with Crippen LogP contribution in [0.25, 0.3) is 10.8 Å². The molecule has 0 heterocycles. The second-order valence-electron chi connectivity index (χ2n) is 6.32. The van der Waals surface area contributed by atoms with E-state index in [0.717, 1.165) is 34.1 Å². The lowest BCUT2D eigenvalue weighted by Crippen LogP contribution is -2.33. The van der Waals surface area contributed by atoms with Gasteiger partial charge in [0, 0.05) is 17.4 Å². The van der Waals surface area contributed by atoms with Crippen molar-refractivity contribution >= 4 is 34.4 Å². The topological polar surface area (TPSA) is 55.4 Å². The smallest absolute Gasteiger partial charge is 0.314 e.